The van der Waals surface area contributed by atoms with E-state index in [9.17, 15) is 9.90 Å². The number of amides is 1. The summed E-state index contributed by atoms with van der Waals surface area (Å²) in [7, 11) is 0. The van der Waals surface area contributed by atoms with Crippen molar-refractivity contribution in [2.45, 2.75) is 38.7 Å². The van der Waals surface area contributed by atoms with Gasteiger partial charge >= 0.3 is 0 Å². The van der Waals surface area contributed by atoms with E-state index in [1.807, 2.05) is 18.2 Å². The molecule has 0 unspecified atom stereocenters. The van der Waals surface area contributed by atoms with Crippen LogP contribution in [0.2, 0.25) is 0 Å². The fraction of sp³-hybridized carbons (Fsp3) is 0.333. The van der Waals surface area contributed by atoms with Crippen LogP contribution in [0.3, 0.4) is 0 Å². The maximum Gasteiger partial charge on any atom is 0.228 e. The van der Waals surface area contributed by atoms with Crippen molar-refractivity contribution < 1.29 is 9.90 Å². The Morgan fingerprint density at radius 2 is 2.11 bits per heavy atom. The summed E-state index contributed by atoms with van der Waals surface area (Å²) >= 11 is 0. The van der Waals surface area contributed by atoms with Gasteiger partial charge in [-0.25, -0.2) is 9.97 Å². The second-order valence-corrected chi connectivity index (χ2v) is 7.97. The molecule has 0 atom stereocenters. The third-order valence-electron chi connectivity index (χ3n) is 4.75. The molecule has 1 saturated carbocycles. The van der Waals surface area contributed by atoms with Gasteiger partial charge in [0.05, 0.1) is 11.3 Å². The van der Waals surface area contributed by atoms with E-state index in [2.05, 4.69) is 20.3 Å². The van der Waals surface area contributed by atoms with Gasteiger partial charge in [-0.3, -0.25) is 9.78 Å². The minimum absolute atomic E-state index is 0.00817. The van der Waals surface area contributed by atoms with E-state index in [-0.39, 0.29) is 11.8 Å². The molecule has 1 amide bonds. The van der Waals surface area contributed by atoms with Crippen LogP contribution in [0.4, 0.5) is 11.6 Å². The summed E-state index contributed by atoms with van der Waals surface area (Å²) in [5.41, 5.74) is 7.74. The van der Waals surface area contributed by atoms with Gasteiger partial charge in [0.2, 0.25) is 5.91 Å². The monoisotopic (exact) mass is 377 g/mol. The first-order chi connectivity index (χ1) is 13.3. The molecule has 1 aliphatic rings. The number of nitrogens with two attached hydrogens (primary N) is 1. The quantitative estimate of drug-likeness (QED) is 0.630. The Balaban J connectivity index is 1.75. The number of fused-ring (bicyclic) bond motifs is 1. The Morgan fingerprint density at radius 3 is 2.82 bits per heavy atom. The molecule has 0 radical (unpaired) electrons. The first kappa shape index (κ1) is 18.3. The molecular weight excluding hydrogens is 354 g/mol. The van der Waals surface area contributed by atoms with Crippen molar-refractivity contribution in [3.63, 3.8) is 0 Å². The van der Waals surface area contributed by atoms with Crippen molar-refractivity contribution in [3.05, 3.63) is 42.4 Å². The maximum atomic E-state index is 12.0. The summed E-state index contributed by atoms with van der Waals surface area (Å²) in [5.74, 6) is 0.978. The largest absolute Gasteiger partial charge is 0.390 e. The number of aromatic nitrogens is 3. The zero-order valence-corrected chi connectivity index (χ0v) is 15.9. The average molecular weight is 377 g/mol. The fourth-order valence-corrected chi connectivity index (χ4v) is 3.23. The second-order valence-electron chi connectivity index (χ2n) is 7.97. The van der Waals surface area contributed by atoms with Gasteiger partial charge in [-0.2, -0.15) is 0 Å². The Bertz CT molecular complexity index is 1050. The predicted octanol–water partition coefficient (Wildman–Crippen LogP) is 2.94. The Morgan fingerprint density at radius 1 is 1.32 bits per heavy atom. The van der Waals surface area contributed by atoms with Crippen LogP contribution < -0.4 is 11.1 Å². The first-order valence-electron chi connectivity index (χ1n) is 9.33. The zero-order valence-electron chi connectivity index (χ0n) is 15.9. The van der Waals surface area contributed by atoms with Gasteiger partial charge in [0.25, 0.3) is 0 Å². The van der Waals surface area contributed by atoms with Crippen LogP contribution in [-0.2, 0) is 11.2 Å². The highest BCUT2D eigenvalue weighted by molar-refractivity contribution is 5.98. The molecule has 7 heteroatoms. The van der Waals surface area contributed by atoms with Crippen molar-refractivity contribution in [2.75, 3.05) is 11.1 Å². The molecule has 1 fully saturated rings. The van der Waals surface area contributed by atoms with Gasteiger partial charge in [0.15, 0.2) is 0 Å². The van der Waals surface area contributed by atoms with Crippen molar-refractivity contribution in [3.8, 4) is 11.3 Å². The number of carbonyl (C=O) groups is 1. The van der Waals surface area contributed by atoms with Crippen LogP contribution >= 0.6 is 0 Å². The lowest BCUT2D eigenvalue weighted by Crippen LogP contribution is -2.22. The van der Waals surface area contributed by atoms with E-state index < -0.39 is 5.60 Å². The van der Waals surface area contributed by atoms with Crippen molar-refractivity contribution >= 4 is 28.3 Å². The van der Waals surface area contributed by atoms with Gasteiger partial charge in [-0.1, -0.05) is 0 Å². The lowest BCUT2D eigenvalue weighted by molar-refractivity contribution is -0.117. The highest BCUT2D eigenvalue weighted by atomic mass is 16.3. The smallest absolute Gasteiger partial charge is 0.228 e. The maximum absolute atomic E-state index is 12.0. The number of aliphatic hydroxyl groups is 1. The molecule has 0 aromatic carbocycles. The average Bonchev–Trinajstić information content (AvgIpc) is 3.45. The second kappa shape index (κ2) is 6.83. The molecule has 3 heterocycles. The SMILES string of the molecule is CC(C)(O)Cc1ccncc1-c1cc2cc(NC(=O)C3CC3)ncc2c(N)n1. The molecule has 3 aromatic rings. The molecule has 0 aliphatic heterocycles. The molecule has 0 spiro atoms. The highest BCUT2D eigenvalue weighted by Gasteiger charge is 2.29. The van der Waals surface area contributed by atoms with E-state index in [1.165, 1.54) is 0 Å². The van der Waals surface area contributed by atoms with Crippen molar-refractivity contribution in [2.24, 2.45) is 5.92 Å². The van der Waals surface area contributed by atoms with Crippen LogP contribution in [-0.4, -0.2) is 31.6 Å². The molecule has 4 N–H and O–H groups in total. The fourth-order valence-electron chi connectivity index (χ4n) is 3.23. The number of rotatable bonds is 5. The molecule has 7 nitrogen and oxygen atoms in total. The summed E-state index contributed by atoms with van der Waals surface area (Å²) < 4.78 is 0. The number of hydrogen-bond donors (Lipinski definition) is 3. The van der Waals surface area contributed by atoms with Crippen molar-refractivity contribution in [1.82, 2.24) is 15.0 Å². The molecule has 144 valence electrons. The lowest BCUT2D eigenvalue weighted by Gasteiger charge is -2.19. The van der Waals surface area contributed by atoms with Gasteiger partial charge < -0.3 is 16.2 Å². The first-order valence-corrected chi connectivity index (χ1v) is 9.33. The Labute approximate surface area is 163 Å². The van der Waals surface area contributed by atoms with Gasteiger partial charge in [0.1, 0.15) is 11.6 Å². The minimum Gasteiger partial charge on any atom is -0.390 e. The Kier molecular flexibility index (Phi) is 4.47. The van der Waals surface area contributed by atoms with Crippen LogP contribution in [0.1, 0.15) is 32.3 Å². The molecule has 1 aliphatic carbocycles. The number of nitrogens with zero attached hydrogens (tertiary/aromatic N) is 3. The summed E-state index contributed by atoms with van der Waals surface area (Å²) in [6.45, 7) is 3.53. The molecule has 0 saturated heterocycles. The number of nitrogens with one attached hydrogen (secondary N) is 1. The Hall–Kier alpha value is -3.06. The number of hydrogen-bond acceptors (Lipinski definition) is 6. The molecule has 3 aromatic heterocycles. The highest BCUT2D eigenvalue weighted by Crippen LogP contribution is 2.32. The topological polar surface area (TPSA) is 114 Å². The van der Waals surface area contributed by atoms with Gasteiger partial charge in [0, 0.05) is 41.9 Å². The van der Waals surface area contributed by atoms with Crippen LogP contribution in [0.5, 0.6) is 0 Å². The summed E-state index contributed by atoms with van der Waals surface area (Å²) in [5, 5.41) is 14.6. The lowest BCUT2D eigenvalue weighted by atomic mass is 9.94. The summed E-state index contributed by atoms with van der Waals surface area (Å²) in [4.78, 5) is 25.0. The number of nitrogen functional groups attached to an aromatic ring is 1. The number of pyridine rings is 3. The van der Waals surface area contributed by atoms with Crippen LogP contribution in [0, 0.1) is 5.92 Å². The predicted molar refractivity (Wildman–Crippen MR) is 109 cm³/mol. The molecule has 28 heavy (non-hydrogen) atoms. The third-order valence-corrected chi connectivity index (χ3v) is 4.75. The standard InChI is InChI=1S/C21H23N5O2/c1-21(2,28)9-13-5-6-23-10-15(13)17-7-14-8-18(26-20(27)12-3-4-12)24-11-16(14)19(22)25-17/h5-8,10-12,28H,3-4,9H2,1-2H3,(H2,22,25)(H,24,26,27). The van der Waals surface area contributed by atoms with Gasteiger partial charge in [-0.15, -0.1) is 0 Å². The number of anilines is 2. The van der Waals surface area contributed by atoms with Gasteiger partial charge in [-0.05, 0) is 55.8 Å². The molecular formula is C21H23N5O2. The summed E-state index contributed by atoms with van der Waals surface area (Å²) in [6.07, 6.45) is 7.39. The zero-order chi connectivity index (χ0) is 19.9. The van der Waals surface area contributed by atoms with Crippen LogP contribution in [0.25, 0.3) is 22.0 Å². The van der Waals surface area contributed by atoms with E-state index >= 15 is 0 Å². The summed E-state index contributed by atoms with van der Waals surface area (Å²) in [6, 6.07) is 5.59. The van der Waals surface area contributed by atoms with E-state index in [4.69, 9.17) is 5.73 Å². The van der Waals surface area contributed by atoms with Crippen LogP contribution in [0.15, 0.2) is 36.8 Å². The molecule has 4 rings (SSSR count). The minimum atomic E-state index is -0.858. The van der Waals surface area contributed by atoms with E-state index in [0.717, 1.165) is 34.7 Å². The third kappa shape index (κ3) is 3.94. The number of carbonyl (C=O) groups excluding carboxylic acids is 1. The van der Waals surface area contributed by atoms with E-state index in [1.54, 1.807) is 32.4 Å². The van der Waals surface area contributed by atoms with Crippen molar-refractivity contribution in [1.29, 1.82) is 0 Å². The molecule has 0 bridgehead atoms. The van der Waals surface area contributed by atoms with E-state index in [0.29, 0.717) is 23.8 Å². The normalized spacial score (nSPS) is 14.2.